The fourth-order valence-electron chi connectivity index (χ4n) is 1.46. The molecule has 4 heteroatoms. The van der Waals surface area contributed by atoms with Gasteiger partial charge in [-0.25, -0.2) is 0 Å². The predicted octanol–water partition coefficient (Wildman–Crippen LogP) is 1.99. The second-order valence-corrected chi connectivity index (χ2v) is 3.85. The predicted molar refractivity (Wildman–Crippen MR) is 68.2 cm³/mol. The molecule has 0 aliphatic heterocycles. The summed E-state index contributed by atoms with van der Waals surface area (Å²) in [6, 6.07) is 1.98. The second kappa shape index (κ2) is 8.03. The van der Waals surface area contributed by atoms with Crippen molar-refractivity contribution in [1.82, 2.24) is 10.3 Å². The molecule has 96 valence electrons. The Morgan fingerprint density at radius 1 is 1.41 bits per heavy atom. The molecule has 0 amide bonds. The zero-order valence-corrected chi connectivity index (χ0v) is 10.9. The van der Waals surface area contributed by atoms with Crippen LogP contribution < -0.4 is 10.1 Å². The van der Waals surface area contributed by atoms with Crippen LogP contribution in [0.3, 0.4) is 0 Å². The molecule has 1 N–H and O–H groups in total. The lowest BCUT2D eigenvalue weighted by Gasteiger charge is -2.17. The molecule has 0 fully saturated rings. The highest BCUT2D eigenvalue weighted by molar-refractivity contribution is 5.29. The monoisotopic (exact) mass is 238 g/mol. The first-order chi connectivity index (χ1) is 8.27. The van der Waals surface area contributed by atoms with Crippen molar-refractivity contribution in [1.29, 1.82) is 0 Å². The SMILES string of the molecule is CCNCc1ccncc1OC(C)COCC. The maximum Gasteiger partial charge on any atom is 0.142 e. The van der Waals surface area contributed by atoms with Crippen molar-refractivity contribution in [3.63, 3.8) is 0 Å². The van der Waals surface area contributed by atoms with E-state index in [0.717, 1.165) is 24.4 Å². The molecule has 1 aromatic rings. The summed E-state index contributed by atoms with van der Waals surface area (Å²) >= 11 is 0. The molecule has 0 saturated heterocycles. The standard InChI is InChI=1S/C13H22N2O2/c1-4-14-8-12-6-7-15-9-13(12)17-11(3)10-16-5-2/h6-7,9,11,14H,4-5,8,10H2,1-3H3. The Balaban J connectivity index is 2.56. The Morgan fingerprint density at radius 3 is 2.94 bits per heavy atom. The topological polar surface area (TPSA) is 43.4 Å². The Kier molecular flexibility index (Phi) is 6.58. The first-order valence-corrected chi connectivity index (χ1v) is 6.15. The van der Waals surface area contributed by atoms with Crippen LogP contribution in [-0.4, -0.2) is 30.8 Å². The Bertz CT molecular complexity index is 318. The van der Waals surface area contributed by atoms with Crippen molar-refractivity contribution < 1.29 is 9.47 Å². The normalized spacial score (nSPS) is 12.4. The van der Waals surface area contributed by atoms with Gasteiger partial charge < -0.3 is 14.8 Å². The molecule has 1 atom stereocenters. The number of ether oxygens (including phenoxy) is 2. The lowest BCUT2D eigenvalue weighted by atomic mass is 10.2. The van der Waals surface area contributed by atoms with Gasteiger partial charge >= 0.3 is 0 Å². The molecule has 1 heterocycles. The Morgan fingerprint density at radius 2 is 2.24 bits per heavy atom. The molecule has 0 spiro atoms. The number of nitrogens with one attached hydrogen (secondary N) is 1. The fraction of sp³-hybridized carbons (Fsp3) is 0.615. The second-order valence-electron chi connectivity index (χ2n) is 3.85. The average molecular weight is 238 g/mol. The Labute approximate surface area is 103 Å². The number of rotatable bonds is 8. The molecule has 0 aliphatic rings. The number of hydrogen-bond acceptors (Lipinski definition) is 4. The van der Waals surface area contributed by atoms with Crippen LogP contribution in [0, 0.1) is 0 Å². The van der Waals surface area contributed by atoms with Gasteiger partial charge in [0.25, 0.3) is 0 Å². The van der Waals surface area contributed by atoms with E-state index in [1.54, 1.807) is 12.4 Å². The lowest BCUT2D eigenvalue weighted by molar-refractivity contribution is 0.0650. The first kappa shape index (κ1) is 13.9. The molecule has 0 aromatic carbocycles. The molecule has 0 saturated carbocycles. The van der Waals surface area contributed by atoms with Crippen molar-refractivity contribution >= 4 is 0 Å². The number of pyridine rings is 1. The molecule has 1 unspecified atom stereocenters. The quantitative estimate of drug-likeness (QED) is 0.752. The van der Waals surface area contributed by atoms with E-state index in [1.165, 1.54) is 0 Å². The smallest absolute Gasteiger partial charge is 0.142 e. The van der Waals surface area contributed by atoms with Crippen LogP contribution in [0.15, 0.2) is 18.5 Å². The Hall–Kier alpha value is -1.13. The van der Waals surface area contributed by atoms with Gasteiger partial charge in [0.2, 0.25) is 0 Å². The van der Waals surface area contributed by atoms with Crippen molar-refractivity contribution in [3.8, 4) is 5.75 Å². The summed E-state index contributed by atoms with van der Waals surface area (Å²) in [6.07, 6.45) is 3.58. The van der Waals surface area contributed by atoms with Gasteiger partial charge in [0.05, 0.1) is 12.8 Å². The van der Waals surface area contributed by atoms with E-state index in [4.69, 9.17) is 9.47 Å². The van der Waals surface area contributed by atoms with Crippen molar-refractivity contribution in [2.75, 3.05) is 19.8 Å². The summed E-state index contributed by atoms with van der Waals surface area (Å²) in [4.78, 5) is 4.09. The van der Waals surface area contributed by atoms with Crippen LogP contribution in [0.25, 0.3) is 0 Å². The van der Waals surface area contributed by atoms with Gasteiger partial charge in [-0.1, -0.05) is 6.92 Å². The maximum absolute atomic E-state index is 5.82. The molecular weight excluding hydrogens is 216 g/mol. The summed E-state index contributed by atoms with van der Waals surface area (Å²) in [5, 5.41) is 3.28. The van der Waals surface area contributed by atoms with Crippen LogP contribution in [0.1, 0.15) is 26.3 Å². The fourth-order valence-corrected chi connectivity index (χ4v) is 1.46. The van der Waals surface area contributed by atoms with E-state index in [1.807, 2.05) is 19.9 Å². The highest BCUT2D eigenvalue weighted by Gasteiger charge is 2.08. The summed E-state index contributed by atoms with van der Waals surface area (Å²) in [6.45, 7) is 9.12. The molecule has 0 aliphatic carbocycles. The van der Waals surface area contributed by atoms with Gasteiger partial charge in [-0.05, 0) is 26.5 Å². The van der Waals surface area contributed by atoms with Crippen LogP contribution in [-0.2, 0) is 11.3 Å². The third kappa shape index (κ3) is 5.15. The molecule has 1 rings (SSSR count). The molecule has 17 heavy (non-hydrogen) atoms. The van der Waals surface area contributed by atoms with Gasteiger partial charge in [0.15, 0.2) is 0 Å². The van der Waals surface area contributed by atoms with Crippen LogP contribution >= 0.6 is 0 Å². The van der Waals surface area contributed by atoms with E-state index in [9.17, 15) is 0 Å². The molecule has 0 radical (unpaired) electrons. The largest absolute Gasteiger partial charge is 0.486 e. The van der Waals surface area contributed by atoms with Crippen molar-refractivity contribution in [2.45, 2.75) is 33.4 Å². The average Bonchev–Trinajstić information content (AvgIpc) is 2.35. The summed E-state index contributed by atoms with van der Waals surface area (Å²) in [5.41, 5.74) is 1.13. The number of nitrogens with zero attached hydrogens (tertiary/aromatic N) is 1. The number of aromatic nitrogens is 1. The third-order valence-electron chi connectivity index (χ3n) is 2.32. The van der Waals surface area contributed by atoms with E-state index >= 15 is 0 Å². The molecule has 1 aromatic heterocycles. The minimum Gasteiger partial charge on any atom is -0.486 e. The molecule has 4 nitrogen and oxygen atoms in total. The van der Waals surface area contributed by atoms with E-state index in [2.05, 4.69) is 17.2 Å². The van der Waals surface area contributed by atoms with Gasteiger partial charge in [0, 0.05) is 24.9 Å². The van der Waals surface area contributed by atoms with Gasteiger partial charge in [-0.3, -0.25) is 4.98 Å². The minimum absolute atomic E-state index is 0.0412. The van der Waals surface area contributed by atoms with Crippen molar-refractivity contribution in [2.24, 2.45) is 0 Å². The zero-order valence-electron chi connectivity index (χ0n) is 10.9. The first-order valence-electron chi connectivity index (χ1n) is 6.15. The third-order valence-corrected chi connectivity index (χ3v) is 2.32. The van der Waals surface area contributed by atoms with E-state index in [-0.39, 0.29) is 6.10 Å². The maximum atomic E-state index is 5.82. The lowest BCUT2D eigenvalue weighted by Crippen LogP contribution is -2.21. The summed E-state index contributed by atoms with van der Waals surface area (Å²) in [7, 11) is 0. The van der Waals surface area contributed by atoms with Crippen molar-refractivity contribution in [3.05, 3.63) is 24.0 Å². The van der Waals surface area contributed by atoms with Crippen LogP contribution in [0.4, 0.5) is 0 Å². The minimum atomic E-state index is 0.0412. The summed E-state index contributed by atoms with van der Waals surface area (Å²) in [5.74, 6) is 0.834. The van der Waals surface area contributed by atoms with Crippen LogP contribution in [0.5, 0.6) is 5.75 Å². The van der Waals surface area contributed by atoms with E-state index < -0.39 is 0 Å². The molecular formula is C13H22N2O2. The molecule has 0 bridgehead atoms. The highest BCUT2D eigenvalue weighted by Crippen LogP contribution is 2.17. The van der Waals surface area contributed by atoms with Gasteiger partial charge in [0.1, 0.15) is 11.9 Å². The van der Waals surface area contributed by atoms with Gasteiger partial charge in [-0.2, -0.15) is 0 Å². The number of hydrogen-bond donors (Lipinski definition) is 1. The van der Waals surface area contributed by atoms with E-state index in [0.29, 0.717) is 13.2 Å². The van der Waals surface area contributed by atoms with Crippen LogP contribution in [0.2, 0.25) is 0 Å². The zero-order chi connectivity index (χ0) is 12.5. The van der Waals surface area contributed by atoms with Gasteiger partial charge in [-0.15, -0.1) is 0 Å². The highest BCUT2D eigenvalue weighted by atomic mass is 16.5. The summed E-state index contributed by atoms with van der Waals surface area (Å²) < 4.78 is 11.1.